The molecule has 0 saturated carbocycles. The first-order valence-corrected chi connectivity index (χ1v) is 8.36. The van der Waals surface area contributed by atoms with Crippen LogP contribution in [0.25, 0.3) is 4.91 Å². The van der Waals surface area contributed by atoms with E-state index in [1.54, 1.807) is 18.0 Å². The zero-order valence-electron chi connectivity index (χ0n) is 13.2. The van der Waals surface area contributed by atoms with Crippen LogP contribution in [0.5, 0.6) is 0 Å². The minimum Gasteiger partial charge on any atom is -0.294 e. The summed E-state index contributed by atoms with van der Waals surface area (Å²) < 4.78 is 1.34. The number of aromatic nitrogens is 2. The Kier molecular flexibility index (Phi) is 2.94. The molecule has 2 heterocycles. The maximum atomic E-state index is 13.0. The Bertz CT molecular complexity index is 905. The normalized spacial score (nSPS) is 18.3. The molecule has 23 heavy (non-hydrogen) atoms. The Morgan fingerprint density at radius 1 is 1.30 bits per heavy atom. The van der Waals surface area contributed by atoms with Crippen molar-refractivity contribution in [3.8, 4) is 0 Å². The fourth-order valence-corrected chi connectivity index (χ4v) is 4.40. The van der Waals surface area contributed by atoms with E-state index in [0.29, 0.717) is 6.42 Å². The van der Waals surface area contributed by atoms with Crippen molar-refractivity contribution in [3.05, 3.63) is 52.9 Å². The van der Waals surface area contributed by atoms with Crippen LogP contribution >= 0.6 is 11.8 Å². The SMILES string of the molecule is CC(=O)n1cc2c(n1)C1=C(Cc3ccccc3S1)C(=O)C2(C)C. The van der Waals surface area contributed by atoms with Gasteiger partial charge in [-0.2, -0.15) is 5.10 Å². The summed E-state index contributed by atoms with van der Waals surface area (Å²) in [6, 6.07) is 8.13. The van der Waals surface area contributed by atoms with Gasteiger partial charge in [0.15, 0.2) is 5.78 Å². The van der Waals surface area contributed by atoms with Crippen molar-refractivity contribution < 1.29 is 9.59 Å². The summed E-state index contributed by atoms with van der Waals surface area (Å²) in [5.74, 6) is -0.0175. The number of hydrogen-bond acceptors (Lipinski definition) is 4. The van der Waals surface area contributed by atoms with Crippen molar-refractivity contribution in [2.75, 3.05) is 0 Å². The van der Waals surface area contributed by atoms with Gasteiger partial charge >= 0.3 is 0 Å². The van der Waals surface area contributed by atoms with Gasteiger partial charge in [0, 0.05) is 40.5 Å². The van der Waals surface area contributed by atoms with Crippen LogP contribution in [0.3, 0.4) is 0 Å². The van der Waals surface area contributed by atoms with Crippen LogP contribution in [0.2, 0.25) is 0 Å². The van der Waals surface area contributed by atoms with Crippen molar-refractivity contribution >= 4 is 28.4 Å². The van der Waals surface area contributed by atoms with Gasteiger partial charge in [0.2, 0.25) is 5.91 Å². The summed E-state index contributed by atoms with van der Waals surface area (Å²) in [4.78, 5) is 26.8. The molecular formula is C18H16N2O2S. The lowest BCUT2D eigenvalue weighted by Crippen LogP contribution is -2.35. The molecule has 0 unspecified atom stereocenters. The van der Waals surface area contributed by atoms with Crippen molar-refractivity contribution in [1.29, 1.82) is 0 Å². The molecule has 0 radical (unpaired) electrons. The number of Topliss-reactive ketones (excluding diaryl/α,β-unsaturated/α-hetero) is 1. The van der Waals surface area contributed by atoms with Crippen LogP contribution in [0.15, 0.2) is 40.9 Å². The standard InChI is InChI=1S/C18H16N2O2S/c1-10(21)20-9-13-15(19-20)16-12(17(22)18(13,2)3)8-11-6-4-5-7-14(11)23-16/h4-7,9H,8H2,1-3H3. The second-order valence-corrected chi connectivity index (χ2v) is 7.56. The number of fused-ring (bicyclic) bond motifs is 3. The third kappa shape index (κ3) is 1.96. The molecule has 0 atom stereocenters. The molecule has 4 nitrogen and oxygen atoms in total. The van der Waals surface area contributed by atoms with Gasteiger partial charge in [-0.15, -0.1) is 0 Å². The van der Waals surface area contributed by atoms with Gasteiger partial charge in [0.05, 0.1) is 5.41 Å². The van der Waals surface area contributed by atoms with Gasteiger partial charge in [-0.25, -0.2) is 4.68 Å². The molecule has 0 saturated heterocycles. The first-order chi connectivity index (χ1) is 10.9. The molecule has 1 aromatic carbocycles. The van der Waals surface area contributed by atoms with Gasteiger partial charge in [0.25, 0.3) is 0 Å². The third-order valence-corrected chi connectivity index (χ3v) is 5.86. The van der Waals surface area contributed by atoms with Crippen LogP contribution in [0, 0.1) is 0 Å². The minimum atomic E-state index is -0.658. The first kappa shape index (κ1) is 14.5. The van der Waals surface area contributed by atoms with E-state index in [4.69, 9.17) is 0 Å². The Hall–Kier alpha value is -2.14. The molecule has 0 amide bonds. The molecule has 0 N–H and O–H groups in total. The number of benzene rings is 1. The van der Waals surface area contributed by atoms with Crippen LogP contribution in [-0.2, 0) is 16.6 Å². The quantitative estimate of drug-likeness (QED) is 0.744. The second kappa shape index (κ2) is 4.68. The molecule has 1 aromatic heterocycles. The molecule has 2 aromatic rings. The zero-order valence-corrected chi connectivity index (χ0v) is 14.0. The Labute approximate surface area is 138 Å². The lowest BCUT2D eigenvalue weighted by atomic mass is 9.73. The molecule has 1 aliphatic carbocycles. The topological polar surface area (TPSA) is 52.0 Å². The Morgan fingerprint density at radius 3 is 2.78 bits per heavy atom. The monoisotopic (exact) mass is 324 g/mol. The smallest absolute Gasteiger partial charge is 0.243 e. The summed E-state index contributed by atoms with van der Waals surface area (Å²) in [5, 5.41) is 4.47. The predicted molar refractivity (Wildman–Crippen MR) is 89.5 cm³/mol. The maximum absolute atomic E-state index is 13.0. The molecule has 116 valence electrons. The van der Waals surface area contributed by atoms with E-state index in [-0.39, 0.29) is 11.7 Å². The molecule has 2 aliphatic rings. The van der Waals surface area contributed by atoms with Crippen LogP contribution in [0.4, 0.5) is 0 Å². The summed E-state index contributed by atoms with van der Waals surface area (Å²) in [6.45, 7) is 5.30. The average molecular weight is 324 g/mol. The van der Waals surface area contributed by atoms with Crippen molar-refractivity contribution in [1.82, 2.24) is 9.78 Å². The first-order valence-electron chi connectivity index (χ1n) is 7.55. The van der Waals surface area contributed by atoms with E-state index >= 15 is 0 Å². The van der Waals surface area contributed by atoms with Gasteiger partial charge < -0.3 is 0 Å². The van der Waals surface area contributed by atoms with Crippen LogP contribution < -0.4 is 0 Å². The average Bonchev–Trinajstić information content (AvgIpc) is 2.98. The highest BCUT2D eigenvalue weighted by molar-refractivity contribution is 8.08. The van der Waals surface area contributed by atoms with Crippen molar-refractivity contribution in [2.45, 2.75) is 37.5 Å². The summed E-state index contributed by atoms with van der Waals surface area (Å²) in [6.07, 6.45) is 2.34. The molecule has 0 fully saturated rings. The van der Waals surface area contributed by atoms with Gasteiger partial charge in [-0.05, 0) is 25.5 Å². The van der Waals surface area contributed by atoms with Gasteiger partial charge in [-0.3, -0.25) is 9.59 Å². The number of rotatable bonds is 0. The largest absolute Gasteiger partial charge is 0.294 e. The molecule has 4 rings (SSSR count). The molecule has 5 heteroatoms. The predicted octanol–water partition coefficient (Wildman–Crippen LogP) is 3.46. The van der Waals surface area contributed by atoms with E-state index in [1.165, 1.54) is 17.2 Å². The number of nitrogens with zero attached hydrogens (tertiary/aromatic N) is 2. The molecular weight excluding hydrogens is 308 g/mol. The number of carbonyl (C=O) groups excluding carboxylic acids is 2. The van der Waals surface area contributed by atoms with Gasteiger partial charge in [0.1, 0.15) is 5.69 Å². The molecule has 0 spiro atoms. The second-order valence-electron chi connectivity index (χ2n) is 6.50. The number of hydrogen-bond donors (Lipinski definition) is 0. The van der Waals surface area contributed by atoms with Crippen molar-refractivity contribution in [3.63, 3.8) is 0 Å². The fraction of sp³-hybridized carbons (Fsp3) is 0.278. The highest BCUT2D eigenvalue weighted by Crippen LogP contribution is 2.50. The molecule has 0 bridgehead atoms. The third-order valence-electron chi connectivity index (χ3n) is 4.59. The Morgan fingerprint density at radius 2 is 2.04 bits per heavy atom. The van der Waals surface area contributed by atoms with E-state index in [0.717, 1.165) is 26.6 Å². The summed E-state index contributed by atoms with van der Waals surface area (Å²) in [5.41, 5.74) is 2.95. The van der Waals surface area contributed by atoms with E-state index in [2.05, 4.69) is 17.2 Å². The number of ketones is 1. The number of thioether (sulfide) groups is 1. The molecule has 1 aliphatic heterocycles. The highest BCUT2D eigenvalue weighted by Gasteiger charge is 2.44. The number of carbonyl (C=O) groups is 2. The Balaban J connectivity index is 1.95. The number of allylic oxidation sites excluding steroid dienone is 1. The van der Waals surface area contributed by atoms with Gasteiger partial charge in [-0.1, -0.05) is 30.0 Å². The lowest BCUT2D eigenvalue weighted by molar-refractivity contribution is -0.120. The zero-order chi connectivity index (χ0) is 16.4. The van der Waals surface area contributed by atoms with E-state index in [9.17, 15) is 9.59 Å². The van der Waals surface area contributed by atoms with E-state index < -0.39 is 5.41 Å². The summed E-state index contributed by atoms with van der Waals surface area (Å²) in [7, 11) is 0. The van der Waals surface area contributed by atoms with Crippen molar-refractivity contribution in [2.24, 2.45) is 0 Å². The minimum absolute atomic E-state index is 0.130. The highest BCUT2D eigenvalue weighted by atomic mass is 32.2. The van der Waals surface area contributed by atoms with Crippen LogP contribution in [-0.4, -0.2) is 21.5 Å². The van der Waals surface area contributed by atoms with Crippen LogP contribution in [0.1, 0.15) is 42.4 Å². The lowest BCUT2D eigenvalue weighted by Gasteiger charge is -2.33. The summed E-state index contributed by atoms with van der Waals surface area (Å²) >= 11 is 1.58. The van der Waals surface area contributed by atoms with E-state index in [1.807, 2.05) is 26.0 Å². The fourth-order valence-electron chi connectivity index (χ4n) is 3.23. The maximum Gasteiger partial charge on any atom is 0.243 e.